The van der Waals surface area contributed by atoms with E-state index in [4.69, 9.17) is 4.74 Å². The fraction of sp³-hybridized carbons (Fsp3) is 0.533. The van der Waals surface area contributed by atoms with Crippen LogP contribution in [0.1, 0.15) is 25.7 Å². The van der Waals surface area contributed by atoms with Gasteiger partial charge in [0.05, 0.1) is 7.11 Å². The first-order valence-corrected chi connectivity index (χ1v) is 7.20. The number of carbonyl (C=O) groups excluding carboxylic acids is 1. The lowest BCUT2D eigenvalue weighted by molar-refractivity contribution is 0.251. The highest BCUT2D eigenvalue weighted by atomic mass is 16.5. The second-order valence-corrected chi connectivity index (χ2v) is 5.05. The van der Waals surface area contributed by atoms with Crippen LogP contribution in [0.15, 0.2) is 24.3 Å². The smallest absolute Gasteiger partial charge is 0.319 e. The molecule has 0 bridgehead atoms. The zero-order valence-electron chi connectivity index (χ0n) is 11.9. The van der Waals surface area contributed by atoms with Crippen molar-refractivity contribution in [2.45, 2.75) is 31.7 Å². The molecule has 110 valence electrons. The van der Waals surface area contributed by atoms with Gasteiger partial charge in [-0.25, -0.2) is 4.79 Å². The topological polar surface area (TPSA) is 62.4 Å². The third-order valence-corrected chi connectivity index (χ3v) is 3.52. The molecule has 0 spiro atoms. The number of rotatable bonds is 5. The molecule has 1 aliphatic heterocycles. The van der Waals surface area contributed by atoms with Gasteiger partial charge in [0.2, 0.25) is 0 Å². The minimum absolute atomic E-state index is 0.172. The Morgan fingerprint density at radius 1 is 1.45 bits per heavy atom. The fourth-order valence-corrected chi connectivity index (χ4v) is 2.41. The van der Waals surface area contributed by atoms with E-state index in [9.17, 15) is 4.79 Å². The number of ether oxygens (including phenoxy) is 1. The average Bonchev–Trinajstić information content (AvgIpc) is 2.48. The van der Waals surface area contributed by atoms with Gasteiger partial charge in [0.1, 0.15) is 5.75 Å². The van der Waals surface area contributed by atoms with Gasteiger partial charge in [0.15, 0.2) is 0 Å². The van der Waals surface area contributed by atoms with Crippen LogP contribution in [0.3, 0.4) is 0 Å². The Hall–Kier alpha value is -1.75. The van der Waals surface area contributed by atoms with E-state index in [0.717, 1.165) is 24.4 Å². The zero-order chi connectivity index (χ0) is 14.2. The third-order valence-electron chi connectivity index (χ3n) is 3.52. The molecular weight excluding hydrogens is 254 g/mol. The van der Waals surface area contributed by atoms with Crippen molar-refractivity contribution in [3.63, 3.8) is 0 Å². The largest absolute Gasteiger partial charge is 0.497 e. The predicted octanol–water partition coefficient (Wildman–Crippen LogP) is 2.35. The number of piperidine rings is 1. The standard InChI is InChI=1S/C15H23N3O2/c1-20-14-7-4-6-13(11-14)18-15(19)17-10-8-12-5-2-3-9-16-12/h4,6-7,11-12,16H,2-3,5,8-10H2,1H3,(H2,17,18,19). The number of amides is 2. The molecule has 3 N–H and O–H groups in total. The quantitative estimate of drug-likeness (QED) is 0.774. The van der Waals surface area contributed by atoms with E-state index in [1.165, 1.54) is 19.3 Å². The molecule has 1 aliphatic rings. The van der Waals surface area contributed by atoms with E-state index >= 15 is 0 Å². The highest BCUT2D eigenvalue weighted by Gasteiger charge is 2.12. The molecule has 1 atom stereocenters. The Morgan fingerprint density at radius 3 is 3.10 bits per heavy atom. The Bertz CT molecular complexity index is 431. The second-order valence-electron chi connectivity index (χ2n) is 5.05. The minimum atomic E-state index is -0.172. The predicted molar refractivity (Wildman–Crippen MR) is 80.3 cm³/mol. The summed E-state index contributed by atoms with van der Waals surface area (Å²) in [5.41, 5.74) is 0.734. The maximum absolute atomic E-state index is 11.8. The summed E-state index contributed by atoms with van der Waals surface area (Å²) < 4.78 is 5.12. The summed E-state index contributed by atoms with van der Waals surface area (Å²) in [6.07, 6.45) is 4.73. The molecule has 0 aliphatic carbocycles. The Balaban J connectivity index is 1.69. The van der Waals surface area contributed by atoms with Crippen LogP contribution in [0.4, 0.5) is 10.5 Å². The lowest BCUT2D eigenvalue weighted by Gasteiger charge is -2.23. The van der Waals surface area contributed by atoms with Crippen LogP contribution in [0, 0.1) is 0 Å². The third kappa shape index (κ3) is 4.74. The van der Waals surface area contributed by atoms with Crippen LogP contribution in [0.25, 0.3) is 0 Å². The molecule has 1 aromatic carbocycles. The molecule has 0 saturated carbocycles. The summed E-state index contributed by atoms with van der Waals surface area (Å²) in [7, 11) is 1.61. The normalized spacial score (nSPS) is 18.4. The summed E-state index contributed by atoms with van der Waals surface area (Å²) in [4.78, 5) is 11.8. The van der Waals surface area contributed by atoms with Gasteiger partial charge in [-0.1, -0.05) is 12.5 Å². The van der Waals surface area contributed by atoms with E-state index in [2.05, 4.69) is 16.0 Å². The van der Waals surface area contributed by atoms with Gasteiger partial charge in [-0.15, -0.1) is 0 Å². The van der Waals surface area contributed by atoms with Crippen LogP contribution in [0.2, 0.25) is 0 Å². The number of hydrogen-bond donors (Lipinski definition) is 3. The molecule has 0 aromatic heterocycles. The molecule has 0 radical (unpaired) electrons. The van der Waals surface area contributed by atoms with Gasteiger partial charge in [-0.3, -0.25) is 0 Å². The molecule has 5 nitrogen and oxygen atoms in total. The van der Waals surface area contributed by atoms with Crippen molar-refractivity contribution in [2.24, 2.45) is 0 Å². The highest BCUT2D eigenvalue weighted by molar-refractivity contribution is 5.89. The zero-order valence-corrected chi connectivity index (χ0v) is 11.9. The van der Waals surface area contributed by atoms with E-state index in [1.807, 2.05) is 18.2 Å². The maximum Gasteiger partial charge on any atom is 0.319 e. The van der Waals surface area contributed by atoms with Crippen molar-refractivity contribution >= 4 is 11.7 Å². The van der Waals surface area contributed by atoms with Crippen LogP contribution < -0.4 is 20.7 Å². The summed E-state index contributed by atoms with van der Waals surface area (Å²) in [6.45, 7) is 1.79. The number of nitrogens with one attached hydrogen (secondary N) is 3. The molecule has 20 heavy (non-hydrogen) atoms. The summed E-state index contributed by atoms with van der Waals surface area (Å²) in [6, 6.07) is 7.69. The summed E-state index contributed by atoms with van der Waals surface area (Å²) in [5.74, 6) is 0.731. The molecule has 2 rings (SSSR count). The van der Waals surface area contributed by atoms with E-state index in [1.54, 1.807) is 13.2 Å². The number of anilines is 1. The van der Waals surface area contributed by atoms with Gasteiger partial charge >= 0.3 is 6.03 Å². The fourth-order valence-electron chi connectivity index (χ4n) is 2.41. The Labute approximate surface area is 120 Å². The van der Waals surface area contributed by atoms with Gasteiger partial charge < -0.3 is 20.7 Å². The van der Waals surface area contributed by atoms with Gasteiger partial charge in [0, 0.05) is 24.3 Å². The molecule has 5 heteroatoms. The van der Waals surface area contributed by atoms with Crippen molar-refractivity contribution < 1.29 is 9.53 Å². The van der Waals surface area contributed by atoms with Crippen molar-refractivity contribution in [3.05, 3.63) is 24.3 Å². The summed E-state index contributed by atoms with van der Waals surface area (Å²) in [5, 5.41) is 9.16. The second kappa shape index (κ2) is 7.75. The molecule has 2 amide bonds. The van der Waals surface area contributed by atoms with E-state index in [0.29, 0.717) is 12.6 Å². The number of benzene rings is 1. The van der Waals surface area contributed by atoms with Gasteiger partial charge in [-0.2, -0.15) is 0 Å². The first kappa shape index (κ1) is 14.7. The molecule has 1 unspecified atom stereocenters. The monoisotopic (exact) mass is 277 g/mol. The van der Waals surface area contributed by atoms with Crippen molar-refractivity contribution in [1.29, 1.82) is 0 Å². The number of methoxy groups -OCH3 is 1. The van der Waals surface area contributed by atoms with Crippen LogP contribution in [0.5, 0.6) is 5.75 Å². The SMILES string of the molecule is COc1cccc(NC(=O)NCCC2CCCCN2)c1. The number of hydrogen-bond acceptors (Lipinski definition) is 3. The first-order chi connectivity index (χ1) is 9.78. The van der Waals surface area contributed by atoms with Crippen LogP contribution in [-0.2, 0) is 0 Å². The van der Waals surface area contributed by atoms with Crippen molar-refractivity contribution in [1.82, 2.24) is 10.6 Å². The molecule has 1 heterocycles. The first-order valence-electron chi connectivity index (χ1n) is 7.20. The Morgan fingerprint density at radius 2 is 2.35 bits per heavy atom. The molecular formula is C15H23N3O2. The average molecular weight is 277 g/mol. The highest BCUT2D eigenvalue weighted by Crippen LogP contribution is 2.16. The lowest BCUT2D eigenvalue weighted by atomic mass is 10.0. The van der Waals surface area contributed by atoms with Crippen LogP contribution >= 0.6 is 0 Å². The molecule has 1 saturated heterocycles. The molecule has 1 aromatic rings. The van der Waals surface area contributed by atoms with Crippen LogP contribution in [-0.4, -0.2) is 32.3 Å². The van der Waals surface area contributed by atoms with E-state index in [-0.39, 0.29) is 6.03 Å². The van der Waals surface area contributed by atoms with Crippen molar-refractivity contribution in [3.8, 4) is 5.75 Å². The maximum atomic E-state index is 11.8. The number of carbonyl (C=O) groups is 1. The summed E-state index contributed by atoms with van der Waals surface area (Å²) >= 11 is 0. The van der Waals surface area contributed by atoms with Gasteiger partial charge in [-0.05, 0) is 37.9 Å². The van der Waals surface area contributed by atoms with E-state index < -0.39 is 0 Å². The Kier molecular flexibility index (Phi) is 5.68. The van der Waals surface area contributed by atoms with Gasteiger partial charge in [0.25, 0.3) is 0 Å². The van der Waals surface area contributed by atoms with Crippen molar-refractivity contribution in [2.75, 3.05) is 25.5 Å². The minimum Gasteiger partial charge on any atom is -0.497 e. The molecule has 1 fully saturated rings. The number of urea groups is 1. The lowest BCUT2D eigenvalue weighted by Crippen LogP contribution is -2.38.